The lowest BCUT2D eigenvalue weighted by Crippen LogP contribution is -2.28. The Morgan fingerprint density at radius 2 is 2.05 bits per heavy atom. The highest BCUT2D eigenvalue weighted by Gasteiger charge is 2.14. The second kappa shape index (κ2) is 7.84. The van der Waals surface area contributed by atoms with Crippen LogP contribution in [0.5, 0.6) is 5.75 Å². The lowest BCUT2D eigenvalue weighted by molar-refractivity contribution is 0.301. The monoisotopic (exact) mass is 270 g/mol. The number of rotatable bonds is 8. The highest BCUT2D eigenvalue weighted by molar-refractivity contribution is 5.70. The number of halogens is 1. The van der Waals surface area contributed by atoms with Gasteiger partial charge >= 0.3 is 0 Å². The van der Waals surface area contributed by atoms with Crippen LogP contribution in [-0.2, 0) is 0 Å². The molecule has 0 radical (unpaired) electrons. The van der Waals surface area contributed by atoms with E-state index in [1.54, 1.807) is 13.0 Å². The molecule has 0 amide bonds. The Hall–Kier alpha value is -1.49. The van der Waals surface area contributed by atoms with Crippen molar-refractivity contribution in [1.29, 1.82) is 0 Å². The largest absolute Gasteiger partial charge is 0.491 e. The van der Waals surface area contributed by atoms with Crippen molar-refractivity contribution in [1.82, 2.24) is 0 Å². The summed E-state index contributed by atoms with van der Waals surface area (Å²) in [5.41, 5.74) is 6.95. The van der Waals surface area contributed by atoms with E-state index < -0.39 is 5.82 Å². The van der Waals surface area contributed by atoms with Gasteiger partial charge in [0.1, 0.15) is 0 Å². The van der Waals surface area contributed by atoms with Gasteiger partial charge < -0.3 is 20.5 Å². The van der Waals surface area contributed by atoms with E-state index >= 15 is 0 Å². The third-order valence-electron chi connectivity index (χ3n) is 2.87. The SMILES string of the molecule is CCCCN(CCO)c1cc(OCC)c(F)cc1N. The number of hydrogen-bond donors (Lipinski definition) is 2. The van der Waals surface area contributed by atoms with Crippen LogP contribution in [0.4, 0.5) is 15.8 Å². The van der Waals surface area contributed by atoms with E-state index in [1.807, 2.05) is 4.90 Å². The maximum Gasteiger partial charge on any atom is 0.167 e. The van der Waals surface area contributed by atoms with Gasteiger partial charge in [0.05, 0.1) is 24.6 Å². The minimum atomic E-state index is -0.456. The Bertz CT molecular complexity index is 399. The molecule has 5 heteroatoms. The molecule has 4 nitrogen and oxygen atoms in total. The smallest absolute Gasteiger partial charge is 0.167 e. The predicted molar refractivity (Wildman–Crippen MR) is 76.2 cm³/mol. The zero-order valence-electron chi connectivity index (χ0n) is 11.7. The molecule has 0 unspecified atom stereocenters. The minimum absolute atomic E-state index is 0.0322. The van der Waals surface area contributed by atoms with E-state index in [1.165, 1.54) is 6.07 Å². The molecule has 0 aliphatic rings. The van der Waals surface area contributed by atoms with Gasteiger partial charge in [0.15, 0.2) is 11.6 Å². The molecule has 19 heavy (non-hydrogen) atoms. The van der Waals surface area contributed by atoms with Gasteiger partial charge in [0.2, 0.25) is 0 Å². The number of nitrogens with zero attached hydrogens (tertiary/aromatic N) is 1. The second-order valence-corrected chi connectivity index (χ2v) is 4.34. The first-order valence-electron chi connectivity index (χ1n) is 6.71. The summed E-state index contributed by atoms with van der Waals surface area (Å²) in [6, 6.07) is 2.89. The van der Waals surface area contributed by atoms with Crippen LogP contribution in [0.25, 0.3) is 0 Å². The fraction of sp³-hybridized carbons (Fsp3) is 0.571. The molecule has 0 atom stereocenters. The number of anilines is 2. The van der Waals surface area contributed by atoms with Crippen LogP contribution >= 0.6 is 0 Å². The molecule has 0 fully saturated rings. The van der Waals surface area contributed by atoms with Crippen LogP contribution in [-0.4, -0.2) is 31.4 Å². The topological polar surface area (TPSA) is 58.7 Å². The normalized spacial score (nSPS) is 10.5. The molecule has 0 spiro atoms. The predicted octanol–water partition coefficient (Wildman–Crippen LogP) is 2.41. The van der Waals surface area contributed by atoms with Gasteiger partial charge in [-0.2, -0.15) is 0 Å². The maximum absolute atomic E-state index is 13.6. The summed E-state index contributed by atoms with van der Waals surface area (Å²) < 4.78 is 18.9. The molecule has 0 saturated carbocycles. The number of unbranched alkanes of at least 4 members (excludes halogenated alkanes) is 1. The van der Waals surface area contributed by atoms with E-state index in [4.69, 9.17) is 15.6 Å². The third kappa shape index (κ3) is 4.28. The molecule has 1 aromatic rings. The maximum atomic E-state index is 13.6. The molecule has 0 saturated heterocycles. The van der Waals surface area contributed by atoms with E-state index in [0.717, 1.165) is 19.4 Å². The second-order valence-electron chi connectivity index (χ2n) is 4.34. The molecule has 1 rings (SSSR count). The van der Waals surface area contributed by atoms with Crippen LogP contribution in [0.1, 0.15) is 26.7 Å². The minimum Gasteiger partial charge on any atom is -0.491 e. The first kappa shape index (κ1) is 15.6. The van der Waals surface area contributed by atoms with Gasteiger partial charge in [-0.3, -0.25) is 0 Å². The zero-order chi connectivity index (χ0) is 14.3. The Labute approximate surface area is 114 Å². The molecule has 0 bridgehead atoms. The number of aliphatic hydroxyl groups is 1. The van der Waals surface area contributed by atoms with Crippen molar-refractivity contribution in [3.05, 3.63) is 17.9 Å². The van der Waals surface area contributed by atoms with Crippen molar-refractivity contribution < 1.29 is 14.2 Å². The van der Waals surface area contributed by atoms with Crippen molar-refractivity contribution in [3.8, 4) is 5.75 Å². The van der Waals surface area contributed by atoms with Crippen molar-refractivity contribution in [2.24, 2.45) is 0 Å². The quantitative estimate of drug-likeness (QED) is 0.712. The summed E-state index contributed by atoms with van der Waals surface area (Å²) in [5.74, 6) is -0.256. The highest BCUT2D eigenvalue weighted by Crippen LogP contribution is 2.31. The molecular weight excluding hydrogens is 247 g/mol. The van der Waals surface area contributed by atoms with Gasteiger partial charge in [0.25, 0.3) is 0 Å². The lowest BCUT2D eigenvalue weighted by Gasteiger charge is -2.26. The van der Waals surface area contributed by atoms with Crippen molar-refractivity contribution in [2.75, 3.05) is 36.9 Å². The number of benzene rings is 1. The van der Waals surface area contributed by atoms with Crippen molar-refractivity contribution in [2.45, 2.75) is 26.7 Å². The molecule has 0 aliphatic heterocycles. The number of ether oxygens (including phenoxy) is 1. The number of nitrogen functional groups attached to an aromatic ring is 1. The average Bonchev–Trinajstić information content (AvgIpc) is 2.38. The highest BCUT2D eigenvalue weighted by atomic mass is 19.1. The van der Waals surface area contributed by atoms with Crippen molar-refractivity contribution in [3.63, 3.8) is 0 Å². The van der Waals surface area contributed by atoms with Gasteiger partial charge in [-0.25, -0.2) is 4.39 Å². The molecule has 0 heterocycles. The molecule has 1 aromatic carbocycles. The zero-order valence-corrected chi connectivity index (χ0v) is 11.7. The lowest BCUT2D eigenvalue weighted by atomic mass is 10.2. The number of hydrogen-bond acceptors (Lipinski definition) is 4. The number of aliphatic hydroxyl groups excluding tert-OH is 1. The number of nitrogens with two attached hydrogens (primary N) is 1. The Kier molecular flexibility index (Phi) is 6.42. The average molecular weight is 270 g/mol. The molecule has 3 N–H and O–H groups in total. The van der Waals surface area contributed by atoms with Gasteiger partial charge in [-0.1, -0.05) is 13.3 Å². The molecule has 0 aromatic heterocycles. The molecule has 108 valence electrons. The van der Waals surface area contributed by atoms with Gasteiger partial charge in [-0.05, 0) is 13.3 Å². The summed E-state index contributed by atoms with van der Waals surface area (Å²) in [6.07, 6.45) is 2.03. The fourth-order valence-corrected chi connectivity index (χ4v) is 1.92. The molecule has 0 aliphatic carbocycles. The standard InChI is InChI=1S/C14H23FN2O2/c1-3-5-6-17(7-8-18)13-10-14(19-4-2)11(15)9-12(13)16/h9-10,18H,3-8,16H2,1-2H3. The fourth-order valence-electron chi connectivity index (χ4n) is 1.92. The van der Waals surface area contributed by atoms with Crippen LogP contribution in [0.15, 0.2) is 12.1 Å². The van der Waals surface area contributed by atoms with E-state index in [9.17, 15) is 4.39 Å². The summed E-state index contributed by atoms with van der Waals surface area (Å²) in [6.45, 7) is 5.58. The van der Waals surface area contributed by atoms with Crippen LogP contribution < -0.4 is 15.4 Å². The first-order chi connectivity index (χ1) is 9.13. The van der Waals surface area contributed by atoms with Gasteiger partial charge in [0, 0.05) is 25.2 Å². The summed E-state index contributed by atoms with van der Waals surface area (Å²) in [5, 5.41) is 9.13. The van der Waals surface area contributed by atoms with Crippen LogP contribution in [0, 0.1) is 5.82 Å². The summed E-state index contributed by atoms with van der Waals surface area (Å²) in [7, 11) is 0. The van der Waals surface area contributed by atoms with E-state index in [-0.39, 0.29) is 12.4 Å². The van der Waals surface area contributed by atoms with Crippen LogP contribution in [0.2, 0.25) is 0 Å². The van der Waals surface area contributed by atoms with Crippen molar-refractivity contribution >= 4 is 11.4 Å². The Morgan fingerprint density at radius 3 is 2.63 bits per heavy atom. The molecular formula is C14H23FN2O2. The Morgan fingerprint density at radius 1 is 1.32 bits per heavy atom. The third-order valence-corrected chi connectivity index (χ3v) is 2.87. The first-order valence-corrected chi connectivity index (χ1v) is 6.71. The van der Waals surface area contributed by atoms with E-state index in [2.05, 4.69) is 6.92 Å². The summed E-state index contributed by atoms with van der Waals surface area (Å²) >= 11 is 0. The summed E-state index contributed by atoms with van der Waals surface area (Å²) in [4.78, 5) is 1.96. The van der Waals surface area contributed by atoms with Gasteiger partial charge in [-0.15, -0.1) is 0 Å². The Balaban J connectivity index is 3.02. The van der Waals surface area contributed by atoms with Crippen LogP contribution in [0.3, 0.4) is 0 Å². The van der Waals surface area contributed by atoms with E-state index in [0.29, 0.717) is 24.5 Å².